The first-order chi connectivity index (χ1) is 7.66. The molecule has 0 bridgehead atoms. The molecule has 0 aromatic carbocycles. The monoisotopic (exact) mass is 265 g/mol. The fourth-order valence-electron chi connectivity index (χ4n) is 1.28. The van der Waals surface area contributed by atoms with Crippen LogP contribution in [0.4, 0.5) is 0 Å². The van der Waals surface area contributed by atoms with Crippen LogP contribution < -0.4 is 0 Å². The quantitative estimate of drug-likeness (QED) is 0.699. The van der Waals surface area contributed by atoms with Crippen LogP contribution in [0.15, 0.2) is 0 Å². The predicted molar refractivity (Wildman–Crippen MR) is 64.8 cm³/mol. The van der Waals surface area contributed by atoms with Crippen molar-refractivity contribution in [2.45, 2.75) is 6.04 Å². The lowest BCUT2D eigenvalue weighted by atomic mass is 10.3. The lowest BCUT2D eigenvalue weighted by molar-refractivity contribution is -0.146. The molecule has 0 unspecified atom stereocenters. The summed E-state index contributed by atoms with van der Waals surface area (Å²) in [6, 6.07) is -0.652. The van der Waals surface area contributed by atoms with Gasteiger partial charge in [-0.2, -0.15) is 0 Å². The number of carboxylic acids is 1. The van der Waals surface area contributed by atoms with Gasteiger partial charge in [0.1, 0.15) is 6.04 Å². The van der Waals surface area contributed by atoms with E-state index in [1.807, 2.05) is 0 Å². The zero-order valence-corrected chi connectivity index (χ0v) is 10.7. The van der Waals surface area contributed by atoms with Crippen LogP contribution in [0.3, 0.4) is 0 Å². The smallest absolute Gasteiger partial charge is 0.327 e. The molecule has 1 heterocycles. The molecular formula is C9H15NO4S2. The first-order valence-electron chi connectivity index (χ1n) is 4.83. The van der Waals surface area contributed by atoms with E-state index in [1.54, 1.807) is 7.11 Å². The molecule has 1 rings (SSSR count). The molecule has 1 fully saturated rings. The Morgan fingerprint density at radius 1 is 1.62 bits per heavy atom. The second-order valence-electron chi connectivity index (χ2n) is 3.26. The average Bonchev–Trinajstić information content (AvgIpc) is 2.73. The minimum atomic E-state index is -0.916. The van der Waals surface area contributed by atoms with Crippen LogP contribution >= 0.6 is 23.5 Å². The molecule has 1 atom stereocenters. The second-order valence-corrected chi connectivity index (χ2v) is 5.37. The number of ether oxygens (including phenoxy) is 1. The average molecular weight is 265 g/mol. The molecule has 1 N–H and O–H groups in total. The van der Waals surface area contributed by atoms with Crippen molar-refractivity contribution in [3.63, 3.8) is 0 Å². The summed E-state index contributed by atoms with van der Waals surface area (Å²) < 4.78 is 4.86. The highest BCUT2D eigenvalue weighted by Gasteiger charge is 2.34. The summed E-state index contributed by atoms with van der Waals surface area (Å²) in [5.41, 5.74) is 0. The molecule has 7 heteroatoms. The highest BCUT2D eigenvalue weighted by molar-refractivity contribution is 8.00. The highest BCUT2D eigenvalue weighted by atomic mass is 32.2. The fourth-order valence-corrected chi connectivity index (χ4v) is 3.22. The number of carboxylic acid groups (broad SMARTS) is 1. The number of hydrogen-bond donors (Lipinski definition) is 1. The number of thioether (sulfide) groups is 2. The predicted octanol–water partition coefficient (Wildman–Crippen LogP) is 0.352. The van der Waals surface area contributed by atoms with Crippen LogP contribution in [0.25, 0.3) is 0 Å². The Kier molecular flexibility index (Phi) is 6.00. The van der Waals surface area contributed by atoms with Crippen molar-refractivity contribution in [2.75, 3.05) is 36.9 Å². The Hall–Kier alpha value is -0.400. The van der Waals surface area contributed by atoms with Crippen LogP contribution in [0, 0.1) is 0 Å². The number of hydrogen-bond acceptors (Lipinski definition) is 5. The third kappa shape index (κ3) is 3.88. The molecule has 92 valence electrons. The van der Waals surface area contributed by atoms with Gasteiger partial charge in [-0.05, 0) is 0 Å². The Morgan fingerprint density at radius 3 is 3.00 bits per heavy atom. The molecule has 0 aliphatic carbocycles. The fraction of sp³-hybridized carbons (Fsp3) is 0.778. The van der Waals surface area contributed by atoms with Gasteiger partial charge < -0.3 is 14.7 Å². The van der Waals surface area contributed by atoms with E-state index in [0.717, 1.165) is 5.75 Å². The molecule has 1 aliphatic heterocycles. The number of methoxy groups -OCH3 is 1. The van der Waals surface area contributed by atoms with Crippen LogP contribution in [-0.2, 0) is 14.3 Å². The van der Waals surface area contributed by atoms with Crippen LogP contribution in [-0.4, -0.2) is 64.8 Å². The molecule has 1 saturated heterocycles. The largest absolute Gasteiger partial charge is 0.480 e. The summed E-state index contributed by atoms with van der Waals surface area (Å²) in [6.07, 6.45) is 0. The molecule has 16 heavy (non-hydrogen) atoms. The number of carbonyl (C=O) groups is 2. The molecule has 0 radical (unpaired) electrons. The maximum absolute atomic E-state index is 11.7. The van der Waals surface area contributed by atoms with E-state index in [1.165, 1.54) is 28.4 Å². The standard InChI is InChI=1S/C9H15NO4S2/c1-14-2-3-15-5-8(11)10-6-16-4-7(10)9(12)13/h7H,2-6H2,1H3,(H,12,13)/t7-/m0/s1. The first-order valence-corrected chi connectivity index (χ1v) is 7.14. The maximum atomic E-state index is 11.7. The molecule has 5 nitrogen and oxygen atoms in total. The highest BCUT2D eigenvalue weighted by Crippen LogP contribution is 2.21. The summed E-state index contributed by atoms with van der Waals surface area (Å²) in [5, 5.41) is 8.91. The summed E-state index contributed by atoms with van der Waals surface area (Å²) in [4.78, 5) is 24.0. The topological polar surface area (TPSA) is 66.8 Å². The molecule has 1 amide bonds. The lowest BCUT2D eigenvalue weighted by Gasteiger charge is -2.20. The van der Waals surface area contributed by atoms with Gasteiger partial charge in [0.25, 0.3) is 0 Å². The van der Waals surface area contributed by atoms with Crippen molar-refractivity contribution in [3.05, 3.63) is 0 Å². The normalized spacial score (nSPS) is 20.1. The van der Waals surface area contributed by atoms with E-state index in [2.05, 4.69) is 0 Å². The van der Waals surface area contributed by atoms with E-state index in [9.17, 15) is 9.59 Å². The van der Waals surface area contributed by atoms with Crippen molar-refractivity contribution in [2.24, 2.45) is 0 Å². The SMILES string of the molecule is COCCSCC(=O)N1CSC[C@H]1C(=O)O. The maximum Gasteiger partial charge on any atom is 0.327 e. The van der Waals surface area contributed by atoms with E-state index in [-0.39, 0.29) is 5.91 Å². The number of nitrogens with zero attached hydrogens (tertiary/aromatic N) is 1. The van der Waals surface area contributed by atoms with Gasteiger partial charge in [-0.3, -0.25) is 4.79 Å². The number of rotatable bonds is 6. The number of aliphatic carboxylic acids is 1. The minimum Gasteiger partial charge on any atom is -0.480 e. The molecule has 0 aromatic rings. The third-order valence-electron chi connectivity index (χ3n) is 2.15. The lowest BCUT2D eigenvalue weighted by Crippen LogP contribution is -2.42. The van der Waals surface area contributed by atoms with Gasteiger partial charge in [-0.25, -0.2) is 4.79 Å². The van der Waals surface area contributed by atoms with E-state index < -0.39 is 12.0 Å². The van der Waals surface area contributed by atoms with Crippen LogP contribution in [0.5, 0.6) is 0 Å². The minimum absolute atomic E-state index is 0.0986. The Bertz CT molecular complexity index is 262. The number of amides is 1. The van der Waals surface area contributed by atoms with Crippen molar-refractivity contribution in [3.8, 4) is 0 Å². The Balaban J connectivity index is 2.32. The molecule has 0 saturated carbocycles. The van der Waals surface area contributed by atoms with Gasteiger partial charge >= 0.3 is 5.97 Å². The van der Waals surface area contributed by atoms with Gasteiger partial charge in [-0.1, -0.05) is 0 Å². The third-order valence-corrected chi connectivity index (χ3v) is 4.06. The van der Waals surface area contributed by atoms with Crippen molar-refractivity contribution >= 4 is 35.4 Å². The van der Waals surface area contributed by atoms with Crippen molar-refractivity contribution in [1.82, 2.24) is 4.90 Å². The van der Waals surface area contributed by atoms with Gasteiger partial charge in [0.05, 0.1) is 18.2 Å². The molecule has 0 aromatic heterocycles. The summed E-state index contributed by atoms with van der Waals surface area (Å²) in [5.74, 6) is 1.04. The van der Waals surface area contributed by atoms with E-state index in [4.69, 9.17) is 9.84 Å². The van der Waals surface area contributed by atoms with Gasteiger partial charge in [-0.15, -0.1) is 23.5 Å². The van der Waals surface area contributed by atoms with Crippen LogP contribution in [0.2, 0.25) is 0 Å². The first kappa shape index (κ1) is 13.7. The zero-order valence-electron chi connectivity index (χ0n) is 9.05. The van der Waals surface area contributed by atoms with Crippen LogP contribution in [0.1, 0.15) is 0 Å². The Morgan fingerprint density at radius 2 is 2.38 bits per heavy atom. The zero-order chi connectivity index (χ0) is 12.0. The molecular weight excluding hydrogens is 250 g/mol. The number of carbonyl (C=O) groups excluding carboxylic acids is 1. The Labute approximate surface area is 103 Å². The summed E-state index contributed by atoms with van der Waals surface area (Å²) >= 11 is 2.95. The van der Waals surface area contributed by atoms with E-state index in [0.29, 0.717) is 24.0 Å². The summed E-state index contributed by atoms with van der Waals surface area (Å²) in [7, 11) is 1.61. The van der Waals surface area contributed by atoms with Gasteiger partial charge in [0.15, 0.2) is 0 Å². The summed E-state index contributed by atoms with van der Waals surface area (Å²) in [6.45, 7) is 0.606. The molecule has 1 aliphatic rings. The second kappa shape index (κ2) is 7.03. The van der Waals surface area contributed by atoms with Crippen molar-refractivity contribution < 1.29 is 19.4 Å². The van der Waals surface area contributed by atoms with Crippen molar-refractivity contribution in [1.29, 1.82) is 0 Å². The molecule has 0 spiro atoms. The van der Waals surface area contributed by atoms with Gasteiger partial charge in [0.2, 0.25) is 5.91 Å². The van der Waals surface area contributed by atoms with Gasteiger partial charge in [0, 0.05) is 18.6 Å². The van der Waals surface area contributed by atoms with E-state index >= 15 is 0 Å².